The summed E-state index contributed by atoms with van der Waals surface area (Å²) in [6.07, 6.45) is 0. The third-order valence-corrected chi connectivity index (χ3v) is 9.60. The molecule has 15 heteroatoms. The van der Waals surface area contributed by atoms with Crippen LogP contribution in [-0.4, -0.2) is 10.8 Å². The van der Waals surface area contributed by atoms with E-state index in [1.54, 1.807) is 0 Å². The Morgan fingerprint density at radius 2 is 0.788 bits per heavy atom. The van der Waals surface area contributed by atoms with Crippen LogP contribution in [0.5, 0.6) is 0 Å². The molecule has 1 aromatic carbocycles. The molecule has 0 saturated carbocycles. The van der Waals surface area contributed by atoms with E-state index >= 15 is 0 Å². The Morgan fingerprint density at radius 1 is 0.455 bits per heavy atom. The number of aromatic nitrogens is 1. The van der Waals surface area contributed by atoms with Gasteiger partial charge in [-0.2, -0.15) is 0 Å². The molecule has 33 heavy (non-hydrogen) atoms. The molecule has 174 valence electrons. The summed E-state index contributed by atoms with van der Waals surface area (Å²) in [6.45, 7) is 0. The molecule has 1 aromatic heterocycles. The Hall–Kier alpha value is 1.03. The van der Waals surface area contributed by atoms with Crippen molar-refractivity contribution in [3.05, 3.63) is 82.3 Å². The van der Waals surface area contributed by atoms with Gasteiger partial charge in [-0.3, -0.25) is 4.79 Å². The number of carbonyl (C=O) groups excluding carboxylic acids is 1. The number of carbonyl (C=O) groups is 1. The molecule has 0 atom stereocenters. The van der Waals surface area contributed by atoms with Gasteiger partial charge in [-0.05, 0) is 0 Å². The monoisotopic (exact) mass is 701 g/mol. The van der Waals surface area contributed by atoms with Crippen molar-refractivity contribution in [2.24, 2.45) is 0 Å². The maximum atomic E-state index is 12.3. The maximum Gasteiger partial charge on any atom is 0.218 e. The minimum Gasteiger partial charge on any atom is -0.286 e. The highest BCUT2D eigenvalue weighted by Gasteiger charge is 2.36. The Balaban J connectivity index is 2.74. The minimum absolute atomic E-state index is 0.0869. The maximum absolute atomic E-state index is 12.3. The van der Waals surface area contributed by atoms with Crippen LogP contribution in [-0.2, 0) is 4.79 Å². The Kier molecular flexibility index (Phi) is 9.35. The van der Waals surface area contributed by atoms with Gasteiger partial charge in [0.05, 0.1) is 45.2 Å². The van der Waals surface area contributed by atoms with E-state index in [4.69, 9.17) is 151 Å². The quantitative estimate of drug-likeness (QED) is 0.177. The summed E-state index contributed by atoms with van der Waals surface area (Å²) < 4.78 is 0. The first-order valence-electron chi connectivity index (χ1n) is 7.86. The van der Waals surface area contributed by atoms with E-state index in [2.05, 4.69) is 4.98 Å². The van der Waals surface area contributed by atoms with Crippen LogP contribution in [0.15, 0.2) is 25.7 Å². The van der Waals surface area contributed by atoms with E-state index in [0.717, 1.165) is 0 Å². The van der Waals surface area contributed by atoms with Crippen molar-refractivity contribution in [3.8, 4) is 0 Å². The van der Waals surface area contributed by atoms with Gasteiger partial charge in [0.2, 0.25) is 5.78 Å². The SMILES string of the molecule is O=C1C(Cl)=C(Cl)C(=C(c2c(Cl)c(Cl)nc(Cl)c2Cl)c2c(Cl)c(Cl)c(Cl)c(Cl)c2Cl)C(Cl)=C1Cl. The van der Waals surface area contributed by atoms with E-state index in [9.17, 15) is 4.79 Å². The van der Waals surface area contributed by atoms with E-state index in [1.165, 1.54) is 0 Å². The summed E-state index contributed by atoms with van der Waals surface area (Å²) in [5.74, 6) is -0.830. The number of hydrogen-bond acceptors (Lipinski definition) is 2. The second-order valence-electron chi connectivity index (χ2n) is 5.98. The predicted octanol–water partition coefficient (Wildman–Crippen LogP) is 11.7. The summed E-state index contributed by atoms with van der Waals surface area (Å²) in [5.41, 5.74) is -0.426. The topological polar surface area (TPSA) is 30.0 Å². The third-order valence-electron chi connectivity index (χ3n) is 4.18. The van der Waals surface area contributed by atoms with E-state index in [0.29, 0.717) is 0 Å². The van der Waals surface area contributed by atoms with Crippen molar-refractivity contribution < 1.29 is 4.79 Å². The van der Waals surface area contributed by atoms with Gasteiger partial charge >= 0.3 is 0 Å². The smallest absolute Gasteiger partial charge is 0.218 e. The van der Waals surface area contributed by atoms with Gasteiger partial charge in [-0.15, -0.1) is 0 Å². The summed E-state index contributed by atoms with van der Waals surface area (Å²) >= 11 is 81.9. The highest BCUT2D eigenvalue weighted by atomic mass is 35.5. The molecule has 0 spiro atoms. The lowest BCUT2D eigenvalue weighted by Gasteiger charge is -2.24. The molecule has 0 radical (unpaired) electrons. The van der Waals surface area contributed by atoms with Gasteiger partial charge in [-0.1, -0.05) is 151 Å². The highest BCUT2D eigenvalue weighted by molar-refractivity contribution is 6.63. The van der Waals surface area contributed by atoms with Gasteiger partial charge in [0.1, 0.15) is 20.4 Å². The molecular formula is C18Cl13NO. The van der Waals surface area contributed by atoms with Crippen LogP contribution >= 0.6 is 151 Å². The first kappa shape index (κ1) is 28.6. The number of rotatable bonds is 2. The fourth-order valence-electron chi connectivity index (χ4n) is 2.74. The highest BCUT2D eigenvalue weighted by Crippen LogP contribution is 2.55. The van der Waals surface area contributed by atoms with Crippen LogP contribution in [0.4, 0.5) is 0 Å². The molecule has 0 fully saturated rings. The van der Waals surface area contributed by atoms with Crippen molar-refractivity contribution in [1.29, 1.82) is 0 Å². The number of pyridine rings is 1. The second kappa shape index (κ2) is 10.8. The molecule has 1 heterocycles. The van der Waals surface area contributed by atoms with E-state index in [1.807, 2.05) is 0 Å². The molecule has 0 bridgehead atoms. The molecule has 1 aliphatic carbocycles. The Bertz CT molecular complexity index is 1270. The van der Waals surface area contributed by atoms with Gasteiger partial charge in [0, 0.05) is 22.3 Å². The summed E-state index contributed by atoms with van der Waals surface area (Å²) in [5, 5.41) is -3.40. The number of allylic oxidation sites excluding steroid dienone is 5. The lowest BCUT2D eigenvalue weighted by Crippen LogP contribution is -2.12. The fourth-order valence-corrected chi connectivity index (χ4v) is 6.00. The predicted molar refractivity (Wildman–Crippen MR) is 144 cm³/mol. The lowest BCUT2D eigenvalue weighted by molar-refractivity contribution is -0.111. The normalized spacial score (nSPS) is 14.6. The molecule has 2 aromatic rings. The summed E-state index contributed by atoms with van der Waals surface area (Å²) in [4.78, 5) is 16.2. The average Bonchev–Trinajstić information content (AvgIpc) is 2.77. The lowest BCUT2D eigenvalue weighted by atomic mass is 9.90. The van der Waals surface area contributed by atoms with Crippen molar-refractivity contribution in [3.63, 3.8) is 0 Å². The molecule has 2 nitrogen and oxygen atoms in total. The van der Waals surface area contributed by atoms with E-state index in [-0.39, 0.29) is 77.8 Å². The van der Waals surface area contributed by atoms with Crippen LogP contribution in [0.25, 0.3) is 5.57 Å². The average molecular weight is 707 g/mol. The first-order chi connectivity index (χ1) is 15.2. The number of halogens is 13. The number of nitrogens with zero attached hydrogens (tertiary/aromatic N) is 1. The molecule has 0 aliphatic heterocycles. The van der Waals surface area contributed by atoms with Gasteiger partial charge in [-0.25, -0.2) is 4.98 Å². The first-order valence-corrected chi connectivity index (χ1v) is 12.8. The number of hydrogen-bond donors (Lipinski definition) is 0. The van der Waals surface area contributed by atoms with Crippen molar-refractivity contribution in [1.82, 2.24) is 4.98 Å². The Labute approximate surface area is 251 Å². The largest absolute Gasteiger partial charge is 0.286 e. The fraction of sp³-hybridized carbons (Fsp3) is 0. The standard InChI is InChI=1S/C18Cl13NO/c19-5-2(6(20)12(26)13(27)11(5)25)1(4-9(23)17(30)32-18(31)10(4)24)3-7(21)14(28)16(33)15(29)8(3)22. The van der Waals surface area contributed by atoms with Gasteiger partial charge < -0.3 is 0 Å². The third kappa shape index (κ3) is 4.84. The van der Waals surface area contributed by atoms with Gasteiger partial charge in [0.25, 0.3) is 0 Å². The summed E-state index contributed by atoms with van der Waals surface area (Å²) in [7, 11) is 0. The summed E-state index contributed by atoms with van der Waals surface area (Å²) in [6, 6.07) is 0. The Morgan fingerprint density at radius 3 is 1.18 bits per heavy atom. The zero-order valence-electron chi connectivity index (χ0n) is 14.8. The van der Waals surface area contributed by atoms with Crippen molar-refractivity contribution in [2.45, 2.75) is 0 Å². The van der Waals surface area contributed by atoms with E-state index < -0.39 is 15.8 Å². The van der Waals surface area contributed by atoms with Gasteiger partial charge in [0.15, 0.2) is 0 Å². The molecule has 0 N–H and O–H groups in total. The molecule has 1 aliphatic rings. The number of benzene rings is 1. The van der Waals surface area contributed by atoms with Crippen LogP contribution < -0.4 is 0 Å². The van der Waals surface area contributed by atoms with Crippen molar-refractivity contribution in [2.75, 3.05) is 0 Å². The molecule has 0 unspecified atom stereocenters. The molecule has 0 amide bonds. The molecule has 3 rings (SSSR count). The minimum atomic E-state index is -0.830. The van der Waals surface area contributed by atoms with Crippen LogP contribution in [0.2, 0.25) is 45.5 Å². The zero-order chi connectivity index (χ0) is 25.1. The number of Topliss-reactive ketones (excluding diaryl/α,β-unsaturated/α-hetero) is 1. The van der Waals surface area contributed by atoms with Crippen LogP contribution in [0, 0.1) is 0 Å². The molecular weight excluding hydrogens is 707 g/mol. The second-order valence-corrected chi connectivity index (χ2v) is 10.8. The molecule has 0 saturated heterocycles. The number of ketones is 1. The van der Waals surface area contributed by atoms with Crippen LogP contribution in [0.1, 0.15) is 11.1 Å². The van der Waals surface area contributed by atoms with Crippen molar-refractivity contribution >= 4 is 162 Å². The van der Waals surface area contributed by atoms with Crippen LogP contribution in [0.3, 0.4) is 0 Å². The zero-order valence-corrected chi connectivity index (χ0v) is 24.6.